The molecule has 1 heteroatoms. The SMILES string of the molecule is c1ccc(-c2ccc3c(c2)c2ccccc2c2c4ccc(-c5cccc6c(-c7ccc8c(c7)oc7ccccc78)cccc56)cc4c4ccccc4c32)cc1. The molecule has 0 aliphatic heterocycles. The van der Waals surface area contributed by atoms with Gasteiger partial charge in [0.05, 0.1) is 0 Å². The zero-order valence-electron chi connectivity index (χ0n) is 29.9. The summed E-state index contributed by atoms with van der Waals surface area (Å²) in [5.74, 6) is 0. The van der Waals surface area contributed by atoms with Gasteiger partial charge in [-0.1, -0.05) is 164 Å². The number of benzene rings is 11. The lowest BCUT2D eigenvalue weighted by Crippen LogP contribution is -1.90. The molecule has 12 rings (SSSR count). The predicted octanol–water partition coefficient (Wildman–Crippen LogP) is 15.5. The minimum atomic E-state index is 0.914. The first-order chi connectivity index (χ1) is 27.3. The van der Waals surface area contributed by atoms with Crippen LogP contribution in [0.15, 0.2) is 199 Å². The summed E-state index contributed by atoms with van der Waals surface area (Å²) in [5.41, 5.74) is 9.10. The van der Waals surface area contributed by atoms with E-state index in [1.807, 2.05) is 12.1 Å². The molecule has 0 atom stereocenters. The van der Waals surface area contributed by atoms with E-state index in [0.717, 1.165) is 27.5 Å². The van der Waals surface area contributed by atoms with E-state index in [1.54, 1.807) is 0 Å². The molecule has 0 saturated carbocycles. The maximum atomic E-state index is 6.30. The molecule has 1 heterocycles. The van der Waals surface area contributed by atoms with E-state index in [4.69, 9.17) is 4.42 Å². The van der Waals surface area contributed by atoms with Crippen LogP contribution in [0.1, 0.15) is 0 Å². The minimum absolute atomic E-state index is 0.914. The van der Waals surface area contributed by atoms with Gasteiger partial charge in [-0.15, -0.1) is 0 Å². The molecule has 0 unspecified atom stereocenters. The van der Waals surface area contributed by atoms with E-state index in [2.05, 4.69) is 182 Å². The normalized spacial score (nSPS) is 12.0. The maximum absolute atomic E-state index is 6.30. The summed E-state index contributed by atoms with van der Waals surface area (Å²) in [6, 6.07) is 71.1. The van der Waals surface area contributed by atoms with Gasteiger partial charge >= 0.3 is 0 Å². The van der Waals surface area contributed by atoms with Gasteiger partial charge < -0.3 is 4.42 Å². The second kappa shape index (κ2) is 11.6. The molecule has 0 amide bonds. The molecule has 254 valence electrons. The van der Waals surface area contributed by atoms with Crippen molar-refractivity contribution in [2.45, 2.75) is 0 Å². The fraction of sp³-hybridized carbons (Fsp3) is 0. The van der Waals surface area contributed by atoms with Gasteiger partial charge in [0.15, 0.2) is 0 Å². The highest BCUT2D eigenvalue weighted by atomic mass is 16.3. The molecule has 0 bridgehead atoms. The van der Waals surface area contributed by atoms with Crippen molar-refractivity contribution in [1.82, 2.24) is 0 Å². The van der Waals surface area contributed by atoms with Crippen molar-refractivity contribution in [3.63, 3.8) is 0 Å². The average Bonchev–Trinajstić information content (AvgIpc) is 3.64. The number of hydrogen-bond acceptors (Lipinski definition) is 1. The zero-order valence-corrected chi connectivity index (χ0v) is 29.9. The van der Waals surface area contributed by atoms with Crippen LogP contribution in [0.2, 0.25) is 0 Å². The molecule has 0 aliphatic carbocycles. The molecule has 12 aromatic rings. The van der Waals surface area contributed by atoms with Gasteiger partial charge in [-0.2, -0.15) is 0 Å². The van der Waals surface area contributed by atoms with Gasteiger partial charge in [0.2, 0.25) is 0 Å². The number of rotatable bonds is 3. The Balaban J connectivity index is 1.09. The second-order valence-corrected chi connectivity index (χ2v) is 14.7. The first-order valence-electron chi connectivity index (χ1n) is 19.0. The molecular weight excluding hydrogens is 665 g/mol. The molecule has 11 aromatic carbocycles. The van der Waals surface area contributed by atoms with E-state index in [0.29, 0.717) is 0 Å². The second-order valence-electron chi connectivity index (χ2n) is 14.7. The fourth-order valence-corrected chi connectivity index (χ4v) is 9.36. The molecule has 0 saturated heterocycles. The van der Waals surface area contributed by atoms with Crippen molar-refractivity contribution in [1.29, 1.82) is 0 Å². The number of para-hydroxylation sites is 1. The van der Waals surface area contributed by atoms with Crippen molar-refractivity contribution in [3.05, 3.63) is 194 Å². The molecule has 0 radical (unpaired) electrons. The molecule has 1 nitrogen and oxygen atoms in total. The maximum Gasteiger partial charge on any atom is 0.136 e. The third-order valence-corrected chi connectivity index (χ3v) is 11.8. The number of fused-ring (bicyclic) bond motifs is 15. The molecule has 0 spiro atoms. The molecule has 0 N–H and O–H groups in total. The van der Waals surface area contributed by atoms with Crippen LogP contribution in [0.25, 0.3) is 120 Å². The zero-order chi connectivity index (χ0) is 36.0. The van der Waals surface area contributed by atoms with Crippen LogP contribution in [-0.4, -0.2) is 0 Å². The highest BCUT2D eigenvalue weighted by molar-refractivity contribution is 6.39. The Labute approximate surface area is 317 Å². The average molecular weight is 697 g/mol. The lowest BCUT2D eigenvalue weighted by molar-refractivity contribution is 0.669. The quantitative estimate of drug-likeness (QED) is 0.168. The first kappa shape index (κ1) is 30.3. The van der Waals surface area contributed by atoms with Crippen LogP contribution in [0.5, 0.6) is 0 Å². The third-order valence-electron chi connectivity index (χ3n) is 11.8. The third kappa shape index (κ3) is 4.48. The Bertz CT molecular complexity index is 3530. The summed E-state index contributed by atoms with van der Waals surface area (Å²) >= 11 is 0. The fourth-order valence-electron chi connectivity index (χ4n) is 9.36. The van der Waals surface area contributed by atoms with Gasteiger partial charge in [0.25, 0.3) is 0 Å². The van der Waals surface area contributed by atoms with Crippen molar-refractivity contribution >= 4 is 86.6 Å². The van der Waals surface area contributed by atoms with Gasteiger partial charge in [-0.3, -0.25) is 0 Å². The lowest BCUT2D eigenvalue weighted by Gasteiger charge is -2.18. The van der Waals surface area contributed by atoms with Crippen LogP contribution < -0.4 is 0 Å². The van der Waals surface area contributed by atoms with Crippen LogP contribution in [0.3, 0.4) is 0 Å². The summed E-state index contributed by atoms with van der Waals surface area (Å²) in [6.07, 6.45) is 0. The van der Waals surface area contributed by atoms with Gasteiger partial charge in [0, 0.05) is 10.8 Å². The Morgan fingerprint density at radius 1 is 0.218 bits per heavy atom. The first-order valence-corrected chi connectivity index (χ1v) is 19.0. The summed E-state index contributed by atoms with van der Waals surface area (Å²) in [6.45, 7) is 0. The highest BCUT2D eigenvalue weighted by Crippen LogP contribution is 2.46. The number of furan rings is 1. The standard InChI is InChI=1S/C54H32O/c1-2-12-33(13-3-1)34-24-28-47-49(30-34)41-14-4-6-17-45(41)54-48-29-26-35(31-50(48)42-15-5-7-18-46(42)53(47)54)37-19-10-22-40-38(20-11-21-39(37)40)36-25-27-44-43-16-8-9-23-51(43)55-52(44)32-36/h1-32H. The van der Waals surface area contributed by atoms with Gasteiger partial charge in [-0.05, 0) is 128 Å². The Kier molecular flexibility index (Phi) is 6.40. The van der Waals surface area contributed by atoms with Gasteiger partial charge in [-0.25, -0.2) is 0 Å². The molecular formula is C54H32O. The van der Waals surface area contributed by atoms with Gasteiger partial charge in [0.1, 0.15) is 11.2 Å². The smallest absolute Gasteiger partial charge is 0.136 e. The Morgan fingerprint density at radius 2 is 0.655 bits per heavy atom. The van der Waals surface area contributed by atoms with E-state index < -0.39 is 0 Å². The van der Waals surface area contributed by atoms with E-state index >= 15 is 0 Å². The van der Waals surface area contributed by atoms with Crippen molar-refractivity contribution < 1.29 is 4.42 Å². The van der Waals surface area contributed by atoms with Crippen molar-refractivity contribution in [3.8, 4) is 33.4 Å². The summed E-state index contributed by atoms with van der Waals surface area (Å²) in [5, 5.41) is 17.7. The number of hydrogen-bond donors (Lipinski definition) is 0. The van der Waals surface area contributed by atoms with Crippen molar-refractivity contribution in [2.75, 3.05) is 0 Å². The van der Waals surface area contributed by atoms with Crippen LogP contribution in [0.4, 0.5) is 0 Å². The van der Waals surface area contributed by atoms with Crippen LogP contribution in [-0.2, 0) is 0 Å². The predicted molar refractivity (Wildman–Crippen MR) is 235 cm³/mol. The van der Waals surface area contributed by atoms with E-state index in [1.165, 1.54) is 92.5 Å². The molecule has 0 aliphatic rings. The summed E-state index contributed by atoms with van der Waals surface area (Å²) in [4.78, 5) is 0. The molecule has 55 heavy (non-hydrogen) atoms. The monoisotopic (exact) mass is 696 g/mol. The lowest BCUT2D eigenvalue weighted by atomic mass is 9.85. The van der Waals surface area contributed by atoms with E-state index in [9.17, 15) is 0 Å². The topological polar surface area (TPSA) is 13.1 Å². The molecule has 1 aromatic heterocycles. The Morgan fingerprint density at radius 3 is 1.29 bits per heavy atom. The minimum Gasteiger partial charge on any atom is -0.456 e. The highest BCUT2D eigenvalue weighted by Gasteiger charge is 2.18. The molecule has 0 fully saturated rings. The van der Waals surface area contributed by atoms with Crippen LogP contribution >= 0.6 is 0 Å². The summed E-state index contributed by atoms with van der Waals surface area (Å²) in [7, 11) is 0. The van der Waals surface area contributed by atoms with E-state index in [-0.39, 0.29) is 0 Å². The summed E-state index contributed by atoms with van der Waals surface area (Å²) < 4.78 is 6.30. The Hall–Kier alpha value is -7.22. The van der Waals surface area contributed by atoms with Crippen molar-refractivity contribution in [2.24, 2.45) is 0 Å². The van der Waals surface area contributed by atoms with Crippen LogP contribution in [0, 0.1) is 0 Å². The largest absolute Gasteiger partial charge is 0.456 e.